The molecular weight excluding hydrogens is 629 g/mol. The standard InChI is InChI=1S/C48H30BN3/c1-2-13-31(14-3-1)32-25-27-33(28-26-32)50-45-24-12-19-39-37-17-6-10-22-43(37)52-44-23-11-7-18-38(44)40-29-34(30-46(50)48(40)49(52)47(39)45)51-41-20-8-4-15-35(41)36-16-5-9-21-42(36)51/h1-30H. The molecule has 0 unspecified atom stereocenters. The third-order valence-corrected chi connectivity index (χ3v) is 11.5. The lowest BCUT2D eigenvalue weighted by molar-refractivity contribution is 1.17. The maximum Gasteiger partial charge on any atom is 0.333 e. The fraction of sp³-hybridized carbons (Fsp3) is 0. The molecule has 0 saturated carbocycles. The highest BCUT2D eigenvalue weighted by atomic mass is 15.2. The average molecular weight is 660 g/mol. The number of aromatic nitrogens is 1. The Morgan fingerprint density at radius 2 is 0.885 bits per heavy atom. The summed E-state index contributed by atoms with van der Waals surface area (Å²) in [6, 6.07) is 67.2. The van der Waals surface area contributed by atoms with Crippen LogP contribution in [0.3, 0.4) is 0 Å². The average Bonchev–Trinajstić information content (AvgIpc) is 3.56. The van der Waals surface area contributed by atoms with Crippen LogP contribution >= 0.6 is 0 Å². The zero-order valence-electron chi connectivity index (χ0n) is 28.2. The van der Waals surface area contributed by atoms with E-state index >= 15 is 0 Å². The molecule has 1 aromatic heterocycles. The molecule has 52 heavy (non-hydrogen) atoms. The van der Waals surface area contributed by atoms with E-state index in [9.17, 15) is 0 Å². The van der Waals surface area contributed by atoms with E-state index in [1.165, 1.54) is 88.9 Å². The monoisotopic (exact) mass is 659 g/mol. The maximum absolute atomic E-state index is 2.61. The lowest BCUT2D eigenvalue weighted by Gasteiger charge is -2.49. The summed E-state index contributed by atoms with van der Waals surface area (Å²) in [6.07, 6.45) is 0. The third-order valence-electron chi connectivity index (χ3n) is 11.5. The first-order chi connectivity index (χ1) is 25.8. The number of hydrogen-bond acceptors (Lipinski definition) is 2. The Labute approximate surface area is 302 Å². The Morgan fingerprint density at radius 1 is 0.346 bits per heavy atom. The van der Waals surface area contributed by atoms with Crippen molar-refractivity contribution in [1.29, 1.82) is 0 Å². The van der Waals surface area contributed by atoms with Gasteiger partial charge in [-0.25, -0.2) is 0 Å². The molecule has 0 fully saturated rings. The molecule has 12 rings (SSSR count). The molecule has 3 aliphatic heterocycles. The van der Waals surface area contributed by atoms with Gasteiger partial charge in [-0.1, -0.05) is 127 Å². The molecule has 0 spiro atoms. The molecule has 0 saturated heterocycles. The molecule has 0 atom stereocenters. The molecular formula is C48H30BN3. The SMILES string of the molecule is c1ccc(-c2ccc(N3c4cccc5c4B4c6c(cc(-n7c8ccccc8c8ccccc87)cc63)-c3ccccc3N4c3ccccc3-5)cc2)cc1. The van der Waals surface area contributed by atoms with Crippen LogP contribution in [0.2, 0.25) is 0 Å². The molecule has 9 aromatic rings. The number of hydrogen-bond donors (Lipinski definition) is 0. The van der Waals surface area contributed by atoms with E-state index < -0.39 is 0 Å². The van der Waals surface area contributed by atoms with Crippen molar-refractivity contribution in [3.05, 3.63) is 182 Å². The molecule has 0 N–H and O–H groups in total. The predicted octanol–water partition coefficient (Wildman–Crippen LogP) is 11.1. The van der Waals surface area contributed by atoms with Crippen LogP contribution in [-0.2, 0) is 0 Å². The number of para-hydroxylation sites is 4. The van der Waals surface area contributed by atoms with Crippen molar-refractivity contribution < 1.29 is 0 Å². The predicted molar refractivity (Wildman–Crippen MR) is 219 cm³/mol. The van der Waals surface area contributed by atoms with Gasteiger partial charge in [-0.3, -0.25) is 0 Å². The van der Waals surface area contributed by atoms with E-state index in [0.29, 0.717) is 0 Å². The fourth-order valence-corrected chi connectivity index (χ4v) is 9.39. The van der Waals surface area contributed by atoms with Gasteiger partial charge in [0, 0.05) is 56.0 Å². The van der Waals surface area contributed by atoms with Crippen LogP contribution < -0.4 is 20.6 Å². The lowest BCUT2D eigenvalue weighted by Crippen LogP contribution is -2.63. The van der Waals surface area contributed by atoms with Gasteiger partial charge in [0.15, 0.2) is 0 Å². The van der Waals surface area contributed by atoms with E-state index in [-0.39, 0.29) is 6.85 Å². The number of fused-ring (bicyclic) bond motifs is 9. The number of benzene rings is 8. The van der Waals surface area contributed by atoms with Crippen molar-refractivity contribution in [2.24, 2.45) is 0 Å². The zero-order chi connectivity index (χ0) is 33.9. The summed E-state index contributed by atoms with van der Waals surface area (Å²) >= 11 is 0. The third kappa shape index (κ3) is 3.65. The summed E-state index contributed by atoms with van der Waals surface area (Å²) in [5.41, 5.74) is 20.0. The highest BCUT2D eigenvalue weighted by molar-refractivity contribution is 6.95. The molecule has 0 aliphatic carbocycles. The minimum atomic E-state index is 0.0352. The maximum atomic E-state index is 2.61. The summed E-state index contributed by atoms with van der Waals surface area (Å²) in [5.74, 6) is 0. The summed E-state index contributed by atoms with van der Waals surface area (Å²) in [6.45, 7) is 0.0352. The fourth-order valence-electron chi connectivity index (χ4n) is 9.39. The number of nitrogens with zero attached hydrogens (tertiary/aromatic N) is 3. The van der Waals surface area contributed by atoms with E-state index in [1.807, 2.05) is 0 Å². The van der Waals surface area contributed by atoms with E-state index in [4.69, 9.17) is 0 Å². The topological polar surface area (TPSA) is 11.4 Å². The summed E-state index contributed by atoms with van der Waals surface area (Å²) in [5, 5.41) is 2.53. The van der Waals surface area contributed by atoms with E-state index in [2.05, 4.69) is 196 Å². The first-order valence-corrected chi connectivity index (χ1v) is 18.1. The van der Waals surface area contributed by atoms with Crippen molar-refractivity contribution in [3.63, 3.8) is 0 Å². The molecule has 0 amide bonds. The van der Waals surface area contributed by atoms with E-state index in [1.54, 1.807) is 0 Å². The second kappa shape index (κ2) is 10.4. The van der Waals surface area contributed by atoms with Crippen molar-refractivity contribution >= 4 is 68.0 Å². The Kier molecular flexibility index (Phi) is 5.58. The van der Waals surface area contributed by atoms with Gasteiger partial charge in [0.05, 0.1) is 11.0 Å². The summed E-state index contributed by atoms with van der Waals surface area (Å²) in [4.78, 5) is 5.14. The zero-order valence-corrected chi connectivity index (χ0v) is 28.2. The van der Waals surface area contributed by atoms with Gasteiger partial charge in [-0.2, -0.15) is 0 Å². The van der Waals surface area contributed by atoms with Gasteiger partial charge >= 0.3 is 6.85 Å². The molecule has 240 valence electrons. The Morgan fingerprint density at radius 3 is 1.60 bits per heavy atom. The van der Waals surface area contributed by atoms with Gasteiger partial charge in [0.2, 0.25) is 0 Å². The summed E-state index contributed by atoms with van der Waals surface area (Å²) in [7, 11) is 0. The van der Waals surface area contributed by atoms with Gasteiger partial charge in [0.25, 0.3) is 0 Å². The molecule has 4 heteroatoms. The van der Waals surface area contributed by atoms with Crippen molar-refractivity contribution in [2.75, 3.05) is 9.71 Å². The highest BCUT2D eigenvalue weighted by Crippen LogP contribution is 2.52. The van der Waals surface area contributed by atoms with Crippen LogP contribution in [-0.4, -0.2) is 11.4 Å². The minimum Gasteiger partial charge on any atom is -0.376 e. The number of rotatable bonds is 3. The second-order valence-corrected chi connectivity index (χ2v) is 14.1. The van der Waals surface area contributed by atoms with E-state index in [0.717, 1.165) is 11.4 Å². The molecule has 4 heterocycles. The van der Waals surface area contributed by atoms with Gasteiger partial charge in [-0.15, -0.1) is 0 Å². The van der Waals surface area contributed by atoms with Crippen molar-refractivity contribution in [1.82, 2.24) is 4.57 Å². The molecule has 0 bridgehead atoms. The normalized spacial score (nSPS) is 13.3. The Balaban J connectivity index is 1.21. The van der Waals surface area contributed by atoms with Crippen molar-refractivity contribution in [2.45, 2.75) is 0 Å². The van der Waals surface area contributed by atoms with Gasteiger partial charge in [-0.05, 0) is 87.8 Å². The second-order valence-electron chi connectivity index (χ2n) is 14.1. The molecule has 8 aromatic carbocycles. The van der Waals surface area contributed by atoms with Gasteiger partial charge < -0.3 is 14.3 Å². The molecule has 0 radical (unpaired) electrons. The largest absolute Gasteiger partial charge is 0.376 e. The van der Waals surface area contributed by atoms with Crippen LogP contribution in [0.25, 0.3) is 60.9 Å². The minimum absolute atomic E-state index is 0.0352. The quantitative estimate of drug-likeness (QED) is 0.175. The van der Waals surface area contributed by atoms with Crippen molar-refractivity contribution in [3.8, 4) is 39.1 Å². The van der Waals surface area contributed by atoms with Crippen LogP contribution in [0.15, 0.2) is 182 Å². The lowest BCUT2D eigenvalue weighted by atomic mass is 9.41. The first kappa shape index (κ1) is 28.0. The number of anilines is 5. The summed E-state index contributed by atoms with van der Waals surface area (Å²) < 4.78 is 2.47. The van der Waals surface area contributed by atoms with Gasteiger partial charge in [0.1, 0.15) is 0 Å². The first-order valence-electron chi connectivity index (χ1n) is 18.1. The molecule has 3 aliphatic rings. The van der Waals surface area contributed by atoms with Crippen LogP contribution in [0.1, 0.15) is 0 Å². The van der Waals surface area contributed by atoms with Crippen LogP contribution in [0.5, 0.6) is 0 Å². The molecule has 3 nitrogen and oxygen atoms in total. The highest BCUT2D eigenvalue weighted by Gasteiger charge is 2.49. The smallest absolute Gasteiger partial charge is 0.333 e. The Bertz CT molecular complexity index is 2870. The Hall–Kier alpha value is -6.78. The van der Waals surface area contributed by atoms with Crippen LogP contribution in [0.4, 0.5) is 28.4 Å². The van der Waals surface area contributed by atoms with Crippen LogP contribution in [0, 0.1) is 0 Å².